The highest BCUT2D eigenvalue weighted by atomic mass is 16.5. The minimum absolute atomic E-state index is 0.0885. The van der Waals surface area contributed by atoms with E-state index in [0.717, 1.165) is 10.9 Å². The average Bonchev–Trinajstić information content (AvgIpc) is 2.29. The SMILES string of the molecule is CCOC(=O)c1c(C)c2ccccc2[nH]c1=O. The molecule has 88 valence electrons. The highest BCUT2D eigenvalue weighted by Gasteiger charge is 2.17. The zero-order valence-electron chi connectivity index (χ0n) is 9.74. The summed E-state index contributed by atoms with van der Waals surface area (Å²) in [7, 11) is 0. The van der Waals surface area contributed by atoms with Crippen LogP contribution in [0, 0.1) is 6.92 Å². The van der Waals surface area contributed by atoms with E-state index in [1.54, 1.807) is 19.9 Å². The number of nitrogens with one attached hydrogen (secondary N) is 1. The molecule has 0 bridgehead atoms. The summed E-state index contributed by atoms with van der Waals surface area (Å²) in [5, 5.41) is 0.857. The van der Waals surface area contributed by atoms with Gasteiger partial charge in [0, 0.05) is 10.9 Å². The van der Waals surface area contributed by atoms with Crippen molar-refractivity contribution in [3.8, 4) is 0 Å². The molecule has 4 nitrogen and oxygen atoms in total. The number of fused-ring (bicyclic) bond motifs is 1. The molecule has 1 heterocycles. The van der Waals surface area contributed by atoms with E-state index in [1.165, 1.54) is 0 Å². The molecule has 1 N–H and O–H groups in total. The standard InChI is InChI=1S/C13H13NO3/c1-3-17-13(16)11-8(2)9-6-4-5-7-10(9)14-12(11)15/h4-7H,3H2,1-2H3,(H,14,15). The van der Waals surface area contributed by atoms with Crippen LogP contribution in [0.5, 0.6) is 0 Å². The fraction of sp³-hybridized carbons (Fsp3) is 0.231. The lowest BCUT2D eigenvalue weighted by atomic mass is 10.1. The van der Waals surface area contributed by atoms with E-state index < -0.39 is 11.5 Å². The molecule has 0 aliphatic carbocycles. The highest BCUT2D eigenvalue weighted by Crippen LogP contribution is 2.17. The number of ether oxygens (including phenoxy) is 1. The van der Waals surface area contributed by atoms with Gasteiger partial charge in [-0.05, 0) is 25.5 Å². The summed E-state index contributed by atoms with van der Waals surface area (Å²) in [5.41, 5.74) is 1.07. The summed E-state index contributed by atoms with van der Waals surface area (Å²) >= 11 is 0. The number of carbonyl (C=O) groups is 1. The molecular formula is C13H13NO3. The molecule has 4 heteroatoms. The first kappa shape index (κ1) is 11.4. The van der Waals surface area contributed by atoms with Gasteiger partial charge in [0.05, 0.1) is 6.61 Å². The van der Waals surface area contributed by atoms with Gasteiger partial charge in [-0.2, -0.15) is 0 Å². The van der Waals surface area contributed by atoms with Crippen LogP contribution in [0.3, 0.4) is 0 Å². The van der Waals surface area contributed by atoms with Gasteiger partial charge in [0.1, 0.15) is 5.56 Å². The number of hydrogen-bond acceptors (Lipinski definition) is 3. The summed E-state index contributed by atoms with van der Waals surface area (Å²) in [6, 6.07) is 7.37. The summed E-state index contributed by atoms with van der Waals surface area (Å²) in [5.74, 6) is -0.572. The molecule has 0 amide bonds. The second-order valence-corrected chi connectivity index (χ2v) is 3.72. The van der Waals surface area contributed by atoms with Crippen LogP contribution in [-0.4, -0.2) is 17.6 Å². The smallest absolute Gasteiger partial charge is 0.344 e. The van der Waals surface area contributed by atoms with Crippen molar-refractivity contribution >= 4 is 16.9 Å². The van der Waals surface area contributed by atoms with Crippen molar-refractivity contribution in [1.29, 1.82) is 0 Å². The fourth-order valence-electron chi connectivity index (χ4n) is 1.86. The average molecular weight is 231 g/mol. The molecule has 0 unspecified atom stereocenters. The van der Waals surface area contributed by atoms with Gasteiger partial charge in [-0.1, -0.05) is 18.2 Å². The molecule has 0 fully saturated rings. The molecular weight excluding hydrogens is 218 g/mol. The molecule has 2 rings (SSSR count). The van der Waals surface area contributed by atoms with Crippen molar-refractivity contribution in [3.63, 3.8) is 0 Å². The molecule has 0 saturated carbocycles. The largest absolute Gasteiger partial charge is 0.462 e. The molecule has 1 aromatic carbocycles. The van der Waals surface area contributed by atoms with Crippen LogP contribution in [0.1, 0.15) is 22.8 Å². The third-order valence-electron chi connectivity index (χ3n) is 2.66. The van der Waals surface area contributed by atoms with E-state index in [9.17, 15) is 9.59 Å². The van der Waals surface area contributed by atoms with E-state index in [1.807, 2.05) is 18.2 Å². The number of esters is 1. The number of aromatic nitrogens is 1. The van der Waals surface area contributed by atoms with Crippen molar-refractivity contribution in [2.24, 2.45) is 0 Å². The summed E-state index contributed by atoms with van der Waals surface area (Å²) < 4.78 is 4.88. The first-order chi connectivity index (χ1) is 8.15. The van der Waals surface area contributed by atoms with Gasteiger partial charge in [0.25, 0.3) is 5.56 Å². The normalized spacial score (nSPS) is 10.5. The van der Waals surface area contributed by atoms with Crippen molar-refractivity contribution in [1.82, 2.24) is 4.98 Å². The topological polar surface area (TPSA) is 59.2 Å². The van der Waals surface area contributed by atoms with Crippen LogP contribution in [0.15, 0.2) is 29.1 Å². The Balaban J connectivity index is 2.72. The molecule has 0 aliphatic rings. The maximum atomic E-state index is 11.8. The number of pyridine rings is 1. The van der Waals surface area contributed by atoms with Crippen LogP contribution in [0.2, 0.25) is 0 Å². The quantitative estimate of drug-likeness (QED) is 0.804. The summed E-state index contributed by atoms with van der Waals surface area (Å²) in [6.07, 6.45) is 0. The van der Waals surface area contributed by atoms with Crippen molar-refractivity contribution in [3.05, 3.63) is 45.7 Å². The molecule has 0 atom stereocenters. The third-order valence-corrected chi connectivity index (χ3v) is 2.66. The predicted octanol–water partition coefficient (Wildman–Crippen LogP) is 2.01. The number of H-pyrrole nitrogens is 1. The van der Waals surface area contributed by atoms with Crippen LogP contribution in [-0.2, 0) is 4.74 Å². The third kappa shape index (κ3) is 1.93. The van der Waals surface area contributed by atoms with Crippen molar-refractivity contribution in [2.45, 2.75) is 13.8 Å². The van der Waals surface area contributed by atoms with Crippen LogP contribution in [0.25, 0.3) is 10.9 Å². The molecule has 0 radical (unpaired) electrons. The number of aromatic amines is 1. The van der Waals surface area contributed by atoms with Gasteiger partial charge >= 0.3 is 5.97 Å². The van der Waals surface area contributed by atoms with E-state index in [0.29, 0.717) is 5.56 Å². The van der Waals surface area contributed by atoms with Gasteiger partial charge in [0.2, 0.25) is 0 Å². The Morgan fingerprint density at radius 1 is 1.35 bits per heavy atom. The number of rotatable bonds is 2. The lowest BCUT2D eigenvalue weighted by Gasteiger charge is -2.07. The number of aryl methyl sites for hydroxylation is 1. The molecule has 2 aromatic rings. The first-order valence-electron chi connectivity index (χ1n) is 5.44. The van der Waals surface area contributed by atoms with Gasteiger partial charge in [-0.25, -0.2) is 4.79 Å². The van der Waals surface area contributed by atoms with Crippen LogP contribution >= 0.6 is 0 Å². The van der Waals surface area contributed by atoms with E-state index in [2.05, 4.69) is 4.98 Å². The van der Waals surface area contributed by atoms with Gasteiger partial charge in [-0.15, -0.1) is 0 Å². The van der Waals surface area contributed by atoms with Crippen LogP contribution < -0.4 is 5.56 Å². The molecule has 0 saturated heterocycles. The Kier molecular flexibility index (Phi) is 2.95. The fourth-order valence-corrected chi connectivity index (χ4v) is 1.86. The van der Waals surface area contributed by atoms with Gasteiger partial charge in [0.15, 0.2) is 0 Å². The number of benzene rings is 1. The van der Waals surface area contributed by atoms with Crippen molar-refractivity contribution in [2.75, 3.05) is 6.61 Å². The Morgan fingerprint density at radius 3 is 2.76 bits per heavy atom. The number of hydrogen-bond donors (Lipinski definition) is 1. The second kappa shape index (κ2) is 4.41. The van der Waals surface area contributed by atoms with Gasteiger partial charge in [-0.3, -0.25) is 4.79 Å². The molecule has 17 heavy (non-hydrogen) atoms. The Bertz CT molecular complexity index is 628. The number of para-hydroxylation sites is 1. The monoisotopic (exact) mass is 231 g/mol. The first-order valence-corrected chi connectivity index (χ1v) is 5.44. The zero-order chi connectivity index (χ0) is 12.4. The Hall–Kier alpha value is -2.10. The molecule has 0 aliphatic heterocycles. The number of carbonyl (C=O) groups excluding carboxylic acids is 1. The Labute approximate surface area is 98.2 Å². The maximum Gasteiger partial charge on any atom is 0.344 e. The Morgan fingerprint density at radius 2 is 2.06 bits per heavy atom. The lowest BCUT2D eigenvalue weighted by molar-refractivity contribution is 0.0523. The van der Waals surface area contributed by atoms with E-state index in [-0.39, 0.29) is 12.2 Å². The highest BCUT2D eigenvalue weighted by molar-refractivity contribution is 5.96. The van der Waals surface area contributed by atoms with E-state index >= 15 is 0 Å². The minimum Gasteiger partial charge on any atom is -0.462 e. The lowest BCUT2D eigenvalue weighted by Crippen LogP contribution is -2.21. The van der Waals surface area contributed by atoms with Crippen molar-refractivity contribution < 1.29 is 9.53 Å². The molecule has 1 aromatic heterocycles. The van der Waals surface area contributed by atoms with Crippen LogP contribution in [0.4, 0.5) is 0 Å². The second-order valence-electron chi connectivity index (χ2n) is 3.72. The summed E-state index contributed by atoms with van der Waals surface area (Å²) in [6.45, 7) is 3.72. The van der Waals surface area contributed by atoms with E-state index in [4.69, 9.17) is 4.74 Å². The summed E-state index contributed by atoms with van der Waals surface area (Å²) in [4.78, 5) is 26.2. The minimum atomic E-state index is -0.572. The predicted molar refractivity (Wildman–Crippen MR) is 65.3 cm³/mol. The maximum absolute atomic E-state index is 11.8. The zero-order valence-corrected chi connectivity index (χ0v) is 9.74. The molecule has 0 spiro atoms. The van der Waals surface area contributed by atoms with Gasteiger partial charge < -0.3 is 9.72 Å².